The minimum Gasteiger partial charge on any atom is -0.387 e. The van der Waals surface area contributed by atoms with Gasteiger partial charge in [0.2, 0.25) is 11.7 Å². The number of phosphoric ester groups is 2. The molecule has 0 bridgehead atoms. The Morgan fingerprint density at radius 2 is 1.54 bits per heavy atom. The van der Waals surface area contributed by atoms with E-state index in [4.69, 9.17) is 29.2 Å². The van der Waals surface area contributed by atoms with E-state index in [1.54, 1.807) is 7.05 Å². The number of aliphatic hydroxyl groups excluding tert-OH is 2. The van der Waals surface area contributed by atoms with Crippen molar-refractivity contribution in [3.63, 3.8) is 0 Å². The molecule has 0 aliphatic carbocycles. The summed E-state index contributed by atoms with van der Waals surface area (Å²) in [6.45, 7) is 3.24. The van der Waals surface area contributed by atoms with Crippen LogP contribution >= 0.6 is 23.5 Å². The second kappa shape index (κ2) is 15.0. The fourth-order valence-electron chi connectivity index (χ4n) is 6.87. The number of H-pyrrole nitrogens is 2. The number of nitrogens with two attached hydrogens (primary N) is 1. The van der Waals surface area contributed by atoms with Gasteiger partial charge in [-0.05, 0) is 19.8 Å². The van der Waals surface area contributed by atoms with Crippen LogP contribution in [0.15, 0.2) is 22.2 Å². The highest BCUT2D eigenvalue weighted by atomic mass is 31.3. The van der Waals surface area contributed by atoms with Gasteiger partial charge < -0.3 is 54.6 Å². The maximum Gasteiger partial charge on any atom is 0.490 e. The van der Waals surface area contributed by atoms with Crippen LogP contribution in [0.2, 0.25) is 0 Å². The zero-order valence-corrected chi connectivity index (χ0v) is 32.9. The Morgan fingerprint density at radius 1 is 0.912 bits per heavy atom. The van der Waals surface area contributed by atoms with E-state index in [1.165, 1.54) is 22.4 Å². The Kier molecular flexibility index (Phi) is 11.0. The first-order valence-electron chi connectivity index (χ1n) is 17.1. The number of anilines is 1. The summed E-state index contributed by atoms with van der Waals surface area (Å²) in [6, 6.07) is 0. The van der Waals surface area contributed by atoms with Gasteiger partial charge in [0.05, 0.1) is 26.6 Å². The number of aliphatic hydroxyl groups is 2. The van der Waals surface area contributed by atoms with Crippen LogP contribution in [-0.4, -0.2) is 115 Å². The van der Waals surface area contributed by atoms with Gasteiger partial charge in [-0.15, -0.1) is 0 Å². The molecule has 57 heavy (non-hydrogen) atoms. The minimum atomic E-state index is -5.96. The number of nitrogen functional groups attached to an aromatic ring is 1. The average molecular weight is 871 g/mol. The molecule has 5 unspecified atom stereocenters. The monoisotopic (exact) mass is 870 g/mol. The molecule has 9 N–H and O–H groups in total. The summed E-state index contributed by atoms with van der Waals surface area (Å²) in [5.74, 6) is -1.09. The number of aromatic amines is 2. The number of aromatic nitrogens is 8. The smallest absolute Gasteiger partial charge is 0.387 e. The molecule has 0 radical (unpaired) electrons. The molecule has 0 spiro atoms. The molecule has 3 aliphatic heterocycles. The first kappa shape index (κ1) is 41.8. The van der Waals surface area contributed by atoms with Gasteiger partial charge in [0, 0.05) is 0 Å². The molecule has 3 aliphatic rings. The lowest BCUT2D eigenvalue weighted by molar-refractivity contribution is -0.746. The summed E-state index contributed by atoms with van der Waals surface area (Å²) in [5, 5.41) is 21.2. The summed E-state index contributed by atoms with van der Waals surface area (Å²) in [4.78, 5) is 72.8. The van der Waals surface area contributed by atoms with E-state index in [2.05, 4.69) is 38.1 Å². The lowest BCUT2D eigenvalue weighted by atomic mass is 10.1. The highest BCUT2D eigenvalue weighted by Crippen LogP contribution is 2.68. The van der Waals surface area contributed by atoms with E-state index >= 15 is 0 Å². The minimum absolute atomic E-state index is 0.0121. The zero-order chi connectivity index (χ0) is 41.4. The molecule has 7 rings (SSSR count). The summed E-state index contributed by atoms with van der Waals surface area (Å²) in [5.41, 5.74) is 4.81. The van der Waals surface area contributed by atoms with Crippen molar-refractivity contribution in [3.8, 4) is 0 Å². The normalized spacial score (nSPS) is 30.4. The summed E-state index contributed by atoms with van der Waals surface area (Å²) in [7, 11) is -15.7. The van der Waals surface area contributed by atoms with Crippen LogP contribution in [-0.2, 0) is 57.4 Å². The number of nitrogens with zero attached hydrogens (tertiary/aromatic N) is 6. The Balaban J connectivity index is 0.994. The first-order valence-corrected chi connectivity index (χ1v) is 21.6. The Bertz CT molecular complexity index is 2450. The van der Waals surface area contributed by atoms with Crippen LogP contribution in [0.25, 0.3) is 22.3 Å². The van der Waals surface area contributed by atoms with Crippen LogP contribution in [0.1, 0.15) is 45.0 Å². The van der Waals surface area contributed by atoms with Crippen molar-refractivity contribution in [2.24, 2.45) is 7.05 Å². The number of imidazole rings is 2. The van der Waals surface area contributed by atoms with E-state index < -0.39 is 103 Å². The van der Waals surface area contributed by atoms with Gasteiger partial charge in [0.15, 0.2) is 29.5 Å². The number of fused-ring (bicyclic) bond motifs is 3. The number of aryl methyl sites for hydroxylation is 2. The maximum atomic E-state index is 12.9. The third-order valence-electron chi connectivity index (χ3n) is 9.51. The summed E-state index contributed by atoms with van der Waals surface area (Å²) >= 11 is 0. The molecular formula is C27H39N9O18P3+. The van der Waals surface area contributed by atoms with E-state index in [-0.39, 0.29) is 34.1 Å². The van der Waals surface area contributed by atoms with Crippen molar-refractivity contribution in [1.29, 1.82) is 0 Å². The zero-order valence-electron chi connectivity index (χ0n) is 30.2. The van der Waals surface area contributed by atoms with Crippen LogP contribution < -0.4 is 21.4 Å². The maximum absolute atomic E-state index is 12.9. The van der Waals surface area contributed by atoms with Gasteiger partial charge in [-0.3, -0.25) is 32.8 Å². The van der Waals surface area contributed by atoms with Gasteiger partial charge in [0.1, 0.15) is 42.4 Å². The largest absolute Gasteiger partial charge is 0.490 e. The van der Waals surface area contributed by atoms with Crippen molar-refractivity contribution < 1.29 is 79.8 Å². The molecule has 3 fully saturated rings. The number of rotatable bonds is 14. The molecule has 0 saturated carbocycles. The first-order chi connectivity index (χ1) is 26.7. The van der Waals surface area contributed by atoms with Crippen molar-refractivity contribution in [2.75, 3.05) is 18.9 Å². The summed E-state index contributed by atoms with van der Waals surface area (Å²) < 4.78 is 84.6. The van der Waals surface area contributed by atoms with Gasteiger partial charge >= 0.3 is 29.1 Å². The standard InChI is InChI=1S/C27H38N9O18P3/c1-5-27(6-2)51-18-13(50-25(19(18)52-27)36-10-34(4)15-21(36)32-26(28)33-23(15)40)8-48-56(43,44)54-57(45,46)53-55(41,42)47-7-12-16(37)17(38)24(49-12)35-9-29-14-20(35)30-11(3)31-22(14)39/h9-10,12-13,16-19,24-25,37-38H,5-8H2,1-4H3,(H6-,28,30,31,32,33,39,40,41,42,43,44,45,46)/p+1/t12-,13-,16?,17+,18?,19+,24-,25-/m1/s1. The van der Waals surface area contributed by atoms with Gasteiger partial charge in [-0.25, -0.2) is 28.2 Å². The third kappa shape index (κ3) is 8.04. The highest BCUT2D eigenvalue weighted by Gasteiger charge is 2.60. The topological polar surface area (TPSA) is 370 Å². The number of phosphoric acid groups is 3. The van der Waals surface area contributed by atoms with E-state index in [9.17, 15) is 48.2 Å². The lowest BCUT2D eigenvalue weighted by Crippen LogP contribution is -2.46. The molecule has 27 nitrogen and oxygen atoms in total. The molecular weight excluding hydrogens is 831 g/mol. The van der Waals surface area contributed by atoms with E-state index in [0.29, 0.717) is 12.8 Å². The number of nitrogens with one attached hydrogen (secondary N) is 2. The van der Waals surface area contributed by atoms with Gasteiger partial charge in [-0.1, -0.05) is 18.8 Å². The number of hydrogen-bond acceptors (Lipinski definition) is 19. The highest BCUT2D eigenvalue weighted by molar-refractivity contribution is 7.66. The lowest BCUT2D eigenvalue weighted by Gasteiger charge is -2.28. The van der Waals surface area contributed by atoms with Crippen LogP contribution in [0.4, 0.5) is 5.95 Å². The van der Waals surface area contributed by atoms with E-state index in [0.717, 1.165) is 10.9 Å². The molecule has 0 aromatic carbocycles. The molecule has 314 valence electrons. The molecule has 3 saturated heterocycles. The Labute approximate surface area is 319 Å². The molecule has 4 aromatic rings. The quantitative estimate of drug-likeness (QED) is 0.0542. The molecule has 11 atom stereocenters. The third-order valence-corrected chi connectivity index (χ3v) is 13.8. The Hall–Kier alpha value is -3.33. The second-order valence-electron chi connectivity index (χ2n) is 13.3. The molecule has 0 amide bonds. The molecule has 7 heterocycles. The molecule has 4 aromatic heterocycles. The van der Waals surface area contributed by atoms with Crippen molar-refractivity contribution in [1.82, 2.24) is 34.1 Å². The SMILES string of the molecule is CCC1(CC)OC2[C@@H](COP(=O)(O)OP(=O)(O)OP(=O)(O)OC[C@H]3O[C@@H](n4cnc5c(=O)[nH]c(C)nc54)[C@@H](O)C3O)O[C@@H]([n+]3cn(C)c4c(=O)[nH]c(N)nc43)[C@H]2O1. The van der Waals surface area contributed by atoms with Crippen LogP contribution in [0, 0.1) is 6.92 Å². The predicted molar refractivity (Wildman–Crippen MR) is 185 cm³/mol. The van der Waals surface area contributed by atoms with Crippen molar-refractivity contribution in [3.05, 3.63) is 39.2 Å². The van der Waals surface area contributed by atoms with Crippen molar-refractivity contribution in [2.45, 2.75) is 88.5 Å². The van der Waals surface area contributed by atoms with Crippen LogP contribution in [0.5, 0.6) is 0 Å². The predicted octanol–water partition coefficient (Wildman–Crippen LogP) is -1.24. The number of ether oxygens (including phenoxy) is 4. The van der Waals surface area contributed by atoms with E-state index in [1.807, 2.05) is 13.8 Å². The van der Waals surface area contributed by atoms with Gasteiger partial charge in [-0.2, -0.15) is 8.62 Å². The second-order valence-corrected chi connectivity index (χ2v) is 17.9. The van der Waals surface area contributed by atoms with Crippen LogP contribution in [0.3, 0.4) is 0 Å². The Morgan fingerprint density at radius 3 is 2.19 bits per heavy atom. The fourth-order valence-corrected chi connectivity index (χ4v) is 10.4. The average Bonchev–Trinajstić information content (AvgIpc) is 3.91. The summed E-state index contributed by atoms with van der Waals surface area (Å²) in [6.07, 6.45) is -7.25. The number of hydrogen-bond donors (Lipinski definition) is 8. The fraction of sp³-hybridized carbons (Fsp3) is 0.630. The van der Waals surface area contributed by atoms with Crippen molar-refractivity contribution >= 4 is 51.7 Å². The molecule has 30 heteroatoms. The van der Waals surface area contributed by atoms with Gasteiger partial charge in [0.25, 0.3) is 17.1 Å².